The molecule has 0 spiro atoms. The molecule has 0 aliphatic carbocycles. The van der Waals surface area contributed by atoms with Crippen molar-refractivity contribution in [2.75, 3.05) is 0 Å². The molecule has 3 rings (SSSR count). The predicted molar refractivity (Wildman–Crippen MR) is 91.4 cm³/mol. The second kappa shape index (κ2) is 7.29. The van der Waals surface area contributed by atoms with E-state index in [-0.39, 0.29) is 5.91 Å². The fourth-order valence-electron chi connectivity index (χ4n) is 2.50. The minimum atomic E-state index is 0.0478. The molecule has 1 amide bonds. The van der Waals surface area contributed by atoms with Crippen LogP contribution in [0, 0.1) is 0 Å². The van der Waals surface area contributed by atoms with E-state index < -0.39 is 0 Å². The molecule has 0 radical (unpaired) electrons. The van der Waals surface area contributed by atoms with Crippen molar-refractivity contribution in [3.05, 3.63) is 71.3 Å². The molecule has 118 valence electrons. The largest absolute Gasteiger partial charge is 0.349 e. The average Bonchev–Trinajstić information content (AvgIpc) is 2.98. The molecule has 0 aliphatic rings. The van der Waals surface area contributed by atoms with Crippen LogP contribution < -0.4 is 5.32 Å². The van der Waals surface area contributed by atoms with E-state index in [1.807, 2.05) is 59.3 Å². The van der Waals surface area contributed by atoms with Crippen LogP contribution in [0.15, 0.2) is 54.9 Å². The Labute approximate surface area is 140 Å². The molecule has 0 saturated heterocycles. The molecule has 0 aliphatic heterocycles. The number of hydrogen-bond donors (Lipinski definition) is 1. The monoisotopic (exact) mass is 327 g/mol. The number of carbonyl (C=O) groups excluding carboxylic acids is 1. The minimum absolute atomic E-state index is 0.0478. The number of aryl methyl sites for hydroxylation is 1. The highest BCUT2D eigenvalue weighted by molar-refractivity contribution is 6.30. The van der Waals surface area contributed by atoms with Gasteiger partial charge in [0.15, 0.2) is 0 Å². The average molecular weight is 328 g/mol. The number of benzene rings is 1. The van der Waals surface area contributed by atoms with E-state index in [4.69, 9.17) is 11.6 Å². The van der Waals surface area contributed by atoms with Gasteiger partial charge >= 0.3 is 0 Å². The van der Waals surface area contributed by atoms with Crippen molar-refractivity contribution in [1.29, 1.82) is 0 Å². The Morgan fingerprint density at radius 2 is 2.00 bits per heavy atom. The number of pyridine rings is 1. The van der Waals surface area contributed by atoms with E-state index in [1.54, 1.807) is 0 Å². The maximum atomic E-state index is 11.9. The van der Waals surface area contributed by atoms with E-state index in [0.29, 0.717) is 13.0 Å². The standard InChI is InChI=1S/C18H18ClN3O/c19-15-9-7-14(8-10-15)4-3-6-18(23)21-13-17-20-12-16-5-1-2-11-22(16)17/h1-2,5,7-12H,3-4,6,13H2,(H,21,23). The smallest absolute Gasteiger partial charge is 0.220 e. The third-order valence-corrected chi connectivity index (χ3v) is 3.99. The topological polar surface area (TPSA) is 46.4 Å². The van der Waals surface area contributed by atoms with Gasteiger partial charge in [0.1, 0.15) is 5.82 Å². The Morgan fingerprint density at radius 3 is 2.83 bits per heavy atom. The summed E-state index contributed by atoms with van der Waals surface area (Å²) in [7, 11) is 0. The molecular formula is C18H18ClN3O. The second-order valence-corrected chi connectivity index (χ2v) is 5.86. The third-order valence-electron chi connectivity index (χ3n) is 3.74. The maximum absolute atomic E-state index is 11.9. The van der Waals surface area contributed by atoms with Gasteiger partial charge in [-0.2, -0.15) is 0 Å². The number of nitrogens with one attached hydrogen (secondary N) is 1. The lowest BCUT2D eigenvalue weighted by atomic mass is 10.1. The summed E-state index contributed by atoms with van der Waals surface area (Å²) in [6, 6.07) is 13.7. The van der Waals surface area contributed by atoms with Gasteiger partial charge in [-0.25, -0.2) is 4.98 Å². The molecule has 0 fully saturated rings. The Balaban J connectivity index is 1.45. The van der Waals surface area contributed by atoms with Gasteiger partial charge in [-0.05, 0) is 42.7 Å². The number of rotatable bonds is 6. The molecule has 2 aromatic heterocycles. The van der Waals surface area contributed by atoms with Gasteiger partial charge in [0.2, 0.25) is 5.91 Å². The van der Waals surface area contributed by atoms with Crippen molar-refractivity contribution in [2.24, 2.45) is 0 Å². The highest BCUT2D eigenvalue weighted by atomic mass is 35.5. The molecular weight excluding hydrogens is 310 g/mol. The molecule has 1 aromatic carbocycles. The quantitative estimate of drug-likeness (QED) is 0.751. The SMILES string of the molecule is O=C(CCCc1ccc(Cl)cc1)NCc1ncc2ccccn12. The number of fused-ring (bicyclic) bond motifs is 1. The Bertz CT molecular complexity index is 795. The van der Waals surface area contributed by atoms with E-state index in [9.17, 15) is 4.79 Å². The fraction of sp³-hybridized carbons (Fsp3) is 0.222. The first kappa shape index (κ1) is 15.6. The number of carbonyl (C=O) groups is 1. The lowest BCUT2D eigenvalue weighted by molar-refractivity contribution is -0.121. The van der Waals surface area contributed by atoms with Gasteiger partial charge in [-0.3, -0.25) is 4.79 Å². The second-order valence-electron chi connectivity index (χ2n) is 5.43. The summed E-state index contributed by atoms with van der Waals surface area (Å²) in [4.78, 5) is 16.3. The summed E-state index contributed by atoms with van der Waals surface area (Å²) in [5.74, 6) is 0.887. The molecule has 3 aromatic rings. The van der Waals surface area contributed by atoms with Gasteiger partial charge in [0.05, 0.1) is 18.3 Å². The molecule has 23 heavy (non-hydrogen) atoms. The summed E-state index contributed by atoms with van der Waals surface area (Å²) in [5, 5.41) is 3.66. The van der Waals surface area contributed by atoms with Crippen LogP contribution in [0.25, 0.3) is 5.52 Å². The Morgan fingerprint density at radius 1 is 1.17 bits per heavy atom. The van der Waals surface area contributed by atoms with Crippen molar-refractivity contribution in [1.82, 2.24) is 14.7 Å². The van der Waals surface area contributed by atoms with Crippen molar-refractivity contribution >= 4 is 23.0 Å². The normalized spacial score (nSPS) is 10.8. The van der Waals surface area contributed by atoms with Crippen LogP contribution in [0.3, 0.4) is 0 Å². The van der Waals surface area contributed by atoms with Crippen molar-refractivity contribution in [3.63, 3.8) is 0 Å². The highest BCUT2D eigenvalue weighted by Gasteiger charge is 2.06. The van der Waals surface area contributed by atoms with Gasteiger partial charge in [0.25, 0.3) is 0 Å². The number of imidazole rings is 1. The third kappa shape index (κ3) is 4.11. The molecule has 0 saturated carbocycles. The first-order chi connectivity index (χ1) is 11.2. The van der Waals surface area contributed by atoms with Crippen LogP contribution in [-0.2, 0) is 17.8 Å². The maximum Gasteiger partial charge on any atom is 0.220 e. The summed E-state index contributed by atoms with van der Waals surface area (Å²) >= 11 is 5.86. The summed E-state index contributed by atoms with van der Waals surface area (Å²) in [6.07, 6.45) is 5.95. The van der Waals surface area contributed by atoms with Gasteiger partial charge in [0, 0.05) is 17.6 Å². The van der Waals surface area contributed by atoms with Crippen molar-refractivity contribution in [2.45, 2.75) is 25.8 Å². The van der Waals surface area contributed by atoms with E-state index >= 15 is 0 Å². The summed E-state index contributed by atoms with van der Waals surface area (Å²) in [5.41, 5.74) is 2.22. The minimum Gasteiger partial charge on any atom is -0.349 e. The van der Waals surface area contributed by atoms with Gasteiger partial charge in [-0.1, -0.05) is 29.8 Å². The Kier molecular flexibility index (Phi) is 4.93. The molecule has 1 N–H and O–H groups in total. The zero-order valence-electron chi connectivity index (χ0n) is 12.7. The first-order valence-corrected chi connectivity index (χ1v) is 8.02. The number of nitrogens with zero attached hydrogens (tertiary/aromatic N) is 2. The lowest BCUT2D eigenvalue weighted by Crippen LogP contribution is -2.23. The van der Waals surface area contributed by atoms with Crippen molar-refractivity contribution < 1.29 is 4.79 Å². The van der Waals surface area contributed by atoms with Crippen LogP contribution >= 0.6 is 11.6 Å². The van der Waals surface area contributed by atoms with Crippen LogP contribution in [0.4, 0.5) is 0 Å². The molecule has 0 unspecified atom stereocenters. The van der Waals surface area contributed by atoms with Crippen LogP contribution in [0.2, 0.25) is 5.02 Å². The van der Waals surface area contributed by atoms with Crippen LogP contribution in [0.5, 0.6) is 0 Å². The fourth-order valence-corrected chi connectivity index (χ4v) is 2.63. The van der Waals surface area contributed by atoms with E-state index in [2.05, 4.69) is 10.3 Å². The summed E-state index contributed by atoms with van der Waals surface area (Å²) < 4.78 is 1.98. The zero-order chi connectivity index (χ0) is 16.1. The van der Waals surface area contributed by atoms with Crippen LogP contribution in [0.1, 0.15) is 24.2 Å². The molecule has 0 bridgehead atoms. The molecule has 4 nitrogen and oxygen atoms in total. The lowest BCUT2D eigenvalue weighted by Gasteiger charge is -2.05. The molecule has 2 heterocycles. The van der Waals surface area contributed by atoms with Crippen LogP contribution in [-0.4, -0.2) is 15.3 Å². The van der Waals surface area contributed by atoms with Gasteiger partial charge < -0.3 is 9.72 Å². The van der Waals surface area contributed by atoms with E-state index in [0.717, 1.165) is 29.2 Å². The first-order valence-electron chi connectivity index (χ1n) is 7.64. The molecule has 0 atom stereocenters. The number of aromatic nitrogens is 2. The number of hydrogen-bond acceptors (Lipinski definition) is 2. The van der Waals surface area contributed by atoms with Crippen molar-refractivity contribution in [3.8, 4) is 0 Å². The predicted octanol–water partition coefficient (Wildman–Crippen LogP) is 3.63. The van der Waals surface area contributed by atoms with E-state index in [1.165, 1.54) is 5.56 Å². The zero-order valence-corrected chi connectivity index (χ0v) is 13.5. The van der Waals surface area contributed by atoms with Gasteiger partial charge in [-0.15, -0.1) is 0 Å². The Hall–Kier alpha value is -2.33. The molecule has 5 heteroatoms. The number of amides is 1. The number of halogens is 1. The summed E-state index contributed by atoms with van der Waals surface area (Å²) in [6.45, 7) is 0.442. The highest BCUT2D eigenvalue weighted by Crippen LogP contribution is 2.11.